The highest BCUT2D eigenvalue weighted by molar-refractivity contribution is 6.11. The molecule has 0 bridgehead atoms. The Morgan fingerprint density at radius 3 is 1.81 bits per heavy atom. The van der Waals surface area contributed by atoms with Crippen molar-refractivity contribution >= 4 is 55.8 Å². The lowest BCUT2D eigenvalue weighted by atomic mass is 10.0. The summed E-state index contributed by atoms with van der Waals surface area (Å²) in [6.07, 6.45) is 6.70. The molecule has 1 aliphatic rings. The molecule has 0 amide bonds. The van der Waals surface area contributed by atoms with Gasteiger partial charge in [0.2, 0.25) is 0 Å². The Labute approximate surface area is 274 Å². The number of para-hydroxylation sites is 3. The summed E-state index contributed by atoms with van der Waals surface area (Å²) in [6, 6.07) is 52.2. The van der Waals surface area contributed by atoms with Crippen LogP contribution in [0.2, 0.25) is 0 Å². The lowest BCUT2D eigenvalue weighted by Gasteiger charge is -2.26. The van der Waals surface area contributed by atoms with E-state index >= 15 is 0 Å². The molecule has 4 heteroatoms. The molecule has 1 aliphatic carbocycles. The van der Waals surface area contributed by atoms with Crippen molar-refractivity contribution in [2.24, 2.45) is 0 Å². The van der Waals surface area contributed by atoms with Crippen LogP contribution in [0.3, 0.4) is 0 Å². The van der Waals surface area contributed by atoms with E-state index in [0.29, 0.717) is 0 Å². The number of ether oxygens (including phenoxy) is 1. The Kier molecular flexibility index (Phi) is 6.46. The average molecular weight is 608 g/mol. The monoisotopic (exact) mass is 607 g/mol. The molecule has 0 fully saturated rings. The highest BCUT2D eigenvalue weighted by Crippen LogP contribution is 2.43. The number of methoxy groups -OCH3 is 1. The van der Waals surface area contributed by atoms with Gasteiger partial charge in [-0.05, 0) is 104 Å². The van der Waals surface area contributed by atoms with Crippen LogP contribution in [0.25, 0.3) is 50.2 Å². The lowest BCUT2D eigenvalue weighted by Crippen LogP contribution is -2.10. The fourth-order valence-electron chi connectivity index (χ4n) is 7.35. The van der Waals surface area contributed by atoms with Crippen LogP contribution in [-0.4, -0.2) is 16.2 Å². The van der Waals surface area contributed by atoms with Crippen LogP contribution in [0.4, 0.5) is 17.1 Å². The number of nitrogens with zero attached hydrogens (tertiary/aromatic N) is 3. The van der Waals surface area contributed by atoms with Crippen molar-refractivity contribution in [2.75, 3.05) is 12.0 Å². The van der Waals surface area contributed by atoms with Crippen molar-refractivity contribution in [1.82, 2.24) is 9.13 Å². The van der Waals surface area contributed by atoms with Crippen molar-refractivity contribution in [2.45, 2.75) is 12.8 Å². The van der Waals surface area contributed by atoms with Crippen LogP contribution in [0.5, 0.6) is 5.75 Å². The minimum absolute atomic E-state index is 0.838. The summed E-state index contributed by atoms with van der Waals surface area (Å²) in [5.41, 5.74) is 11.9. The third kappa shape index (κ3) is 4.44. The topological polar surface area (TPSA) is 22.3 Å². The quantitative estimate of drug-likeness (QED) is 0.188. The molecular formula is C43H33N3O. The van der Waals surface area contributed by atoms with Crippen LogP contribution in [-0.2, 0) is 6.42 Å². The van der Waals surface area contributed by atoms with Gasteiger partial charge >= 0.3 is 0 Å². The van der Waals surface area contributed by atoms with Gasteiger partial charge in [-0.15, -0.1) is 0 Å². The van der Waals surface area contributed by atoms with E-state index in [9.17, 15) is 0 Å². The molecule has 0 aliphatic heterocycles. The van der Waals surface area contributed by atoms with Gasteiger partial charge in [0, 0.05) is 55.9 Å². The fourth-order valence-corrected chi connectivity index (χ4v) is 7.35. The van der Waals surface area contributed by atoms with E-state index in [0.717, 1.165) is 41.3 Å². The van der Waals surface area contributed by atoms with Gasteiger partial charge < -0.3 is 18.8 Å². The highest BCUT2D eigenvalue weighted by atomic mass is 16.5. The largest absolute Gasteiger partial charge is 0.497 e. The number of allylic oxidation sites excluding steroid dienone is 1. The summed E-state index contributed by atoms with van der Waals surface area (Å²) < 4.78 is 10.4. The summed E-state index contributed by atoms with van der Waals surface area (Å²) >= 11 is 0. The molecule has 2 aromatic heterocycles. The van der Waals surface area contributed by atoms with Crippen molar-refractivity contribution in [1.29, 1.82) is 0 Å². The van der Waals surface area contributed by atoms with E-state index in [-0.39, 0.29) is 0 Å². The van der Waals surface area contributed by atoms with Crippen LogP contribution in [0.1, 0.15) is 17.7 Å². The predicted octanol–water partition coefficient (Wildman–Crippen LogP) is 11.2. The molecule has 0 atom stereocenters. The molecule has 226 valence electrons. The molecule has 0 unspecified atom stereocenters. The number of rotatable bonds is 6. The maximum atomic E-state index is 5.54. The van der Waals surface area contributed by atoms with E-state index in [4.69, 9.17) is 4.74 Å². The maximum Gasteiger partial charge on any atom is 0.119 e. The number of fused-ring (bicyclic) bond motifs is 6. The molecule has 9 rings (SSSR count). The van der Waals surface area contributed by atoms with Crippen molar-refractivity contribution < 1.29 is 4.74 Å². The number of anilines is 3. The molecule has 0 radical (unpaired) electrons. The summed E-state index contributed by atoms with van der Waals surface area (Å²) in [7, 11) is 1.71. The molecule has 4 nitrogen and oxygen atoms in total. The fraction of sp³-hybridized carbons (Fsp3) is 0.0698. The second-order valence-corrected chi connectivity index (χ2v) is 12.1. The molecule has 8 aromatic rings. The second kappa shape index (κ2) is 11.1. The van der Waals surface area contributed by atoms with E-state index in [1.807, 2.05) is 12.1 Å². The Balaban J connectivity index is 1.27. The summed E-state index contributed by atoms with van der Waals surface area (Å²) in [5, 5.41) is 3.71. The zero-order valence-electron chi connectivity index (χ0n) is 26.2. The van der Waals surface area contributed by atoms with E-state index < -0.39 is 0 Å². The van der Waals surface area contributed by atoms with Crippen molar-refractivity contribution in [3.63, 3.8) is 0 Å². The van der Waals surface area contributed by atoms with Gasteiger partial charge in [0.25, 0.3) is 0 Å². The Morgan fingerprint density at radius 1 is 0.532 bits per heavy atom. The minimum Gasteiger partial charge on any atom is -0.497 e. The molecule has 0 saturated heterocycles. The summed E-state index contributed by atoms with van der Waals surface area (Å²) in [5.74, 6) is 0.838. The first-order chi connectivity index (χ1) is 23.3. The molecule has 47 heavy (non-hydrogen) atoms. The molecule has 0 spiro atoms. The van der Waals surface area contributed by atoms with Gasteiger partial charge in [0.1, 0.15) is 5.75 Å². The van der Waals surface area contributed by atoms with Gasteiger partial charge in [-0.25, -0.2) is 0 Å². The molecule has 2 heterocycles. The van der Waals surface area contributed by atoms with Crippen LogP contribution < -0.4 is 9.64 Å². The van der Waals surface area contributed by atoms with Gasteiger partial charge in [-0.3, -0.25) is 0 Å². The number of aromatic nitrogens is 2. The molecule has 6 aromatic carbocycles. The van der Waals surface area contributed by atoms with Gasteiger partial charge in [0.15, 0.2) is 0 Å². The first-order valence-corrected chi connectivity index (χ1v) is 16.2. The van der Waals surface area contributed by atoms with E-state index in [2.05, 4.69) is 160 Å². The van der Waals surface area contributed by atoms with Crippen LogP contribution in [0.15, 0.2) is 152 Å². The minimum atomic E-state index is 0.838. The van der Waals surface area contributed by atoms with E-state index in [1.54, 1.807) is 7.11 Å². The normalized spacial score (nSPS) is 12.5. The Morgan fingerprint density at radius 2 is 1.11 bits per heavy atom. The Bertz CT molecular complexity index is 2430. The molecular weight excluding hydrogens is 574 g/mol. The molecule has 0 N–H and O–H groups in total. The Hall–Kier alpha value is -6.00. The third-order valence-corrected chi connectivity index (χ3v) is 9.46. The molecule has 0 saturated carbocycles. The number of benzene rings is 6. The average Bonchev–Trinajstić information content (AvgIpc) is 3.65. The van der Waals surface area contributed by atoms with Gasteiger partial charge in [-0.2, -0.15) is 0 Å². The standard InChI is InChI=1S/C43H33N3O/c1-47-35-24-20-32(21-25-35)44(33-22-26-42-38(28-33)36-16-8-10-18-40(36)45(42)30-12-4-2-5-13-30)34-23-27-43-39(29-34)37-17-9-11-19-41(37)46(43)31-14-6-3-7-15-31/h2-10,12-18,20-29H,11,19H2,1H3. The van der Waals surface area contributed by atoms with Gasteiger partial charge in [0.05, 0.1) is 23.7 Å². The summed E-state index contributed by atoms with van der Waals surface area (Å²) in [4.78, 5) is 2.37. The lowest BCUT2D eigenvalue weighted by molar-refractivity contribution is 0.415. The first-order valence-electron chi connectivity index (χ1n) is 16.2. The SMILES string of the molecule is COc1ccc(N(c2ccc3c(c2)c2c(n3-c3ccccc3)CCC=C2)c2ccc3c(c2)c2ccccc2n3-c2ccccc2)cc1. The zero-order chi connectivity index (χ0) is 31.3. The number of hydrogen-bond acceptors (Lipinski definition) is 2. The summed E-state index contributed by atoms with van der Waals surface area (Å²) in [6.45, 7) is 0. The smallest absolute Gasteiger partial charge is 0.119 e. The first kappa shape index (κ1) is 27.3. The second-order valence-electron chi connectivity index (χ2n) is 12.1. The van der Waals surface area contributed by atoms with Gasteiger partial charge in [-0.1, -0.05) is 66.7 Å². The van der Waals surface area contributed by atoms with Crippen LogP contribution >= 0.6 is 0 Å². The van der Waals surface area contributed by atoms with Crippen molar-refractivity contribution in [3.05, 3.63) is 163 Å². The zero-order valence-corrected chi connectivity index (χ0v) is 26.2. The maximum absolute atomic E-state index is 5.54. The van der Waals surface area contributed by atoms with Crippen molar-refractivity contribution in [3.8, 4) is 17.1 Å². The highest BCUT2D eigenvalue weighted by Gasteiger charge is 2.22. The van der Waals surface area contributed by atoms with Crippen LogP contribution in [0, 0.1) is 0 Å². The predicted molar refractivity (Wildman–Crippen MR) is 196 cm³/mol. The number of hydrogen-bond donors (Lipinski definition) is 0. The third-order valence-electron chi connectivity index (χ3n) is 9.46. The van der Waals surface area contributed by atoms with E-state index in [1.165, 1.54) is 49.7 Å².